The first-order chi connectivity index (χ1) is 7.16. The van der Waals surface area contributed by atoms with E-state index >= 15 is 0 Å². The maximum Gasteiger partial charge on any atom is 0.326 e. The Balaban J connectivity index is 2.08. The number of nitrogens with one attached hydrogen (secondary N) is 1. The molecule has 1 aliphatic heterocycles. The van der Waals surface area contributed by atoms with Crippen LogP contribution in [0.15, 0.2) is 22.8 Å². The zero-order chi connectivity index (χ0) is 10.8. The lowest BCUT2D eigenvalue weighted by atomic mass is 10.2. The van der Waals surface area contributed by atoms with Crippen molar-refractivity contribution in [3.05, 3.63) is 24.2 Å². The second-order valence-electron chi connectivity index (χ2n) is 3.23. The van der Waals surface area contributed by atoms with Gasteiger partial charge in [0.2, 0.25) is 5.91 Å². The Labute approximate surface area is 85.5 Å². The van der Waals surface area contributed by atoms with Gasteiger partial charge in [-0.1, -0.05) is 0 Å². The molecule has 0 aromatic carbocycles. The molecule has 1 aromatic heterocycles. The zero-order valence-corrected chi connectivity index (χ0v) is 7.84. The molecule has 80 valence electrons. The Bertz CT molecular complexity index is 355. The van der Waals surface area contributed by atoms with Gasteiger partial charge in [0.25, 0.3) is 0 Å². The van der Waals surface area contributed by atoms with Crippen LogP contribution in [-0.2, 0) is 11.3 Å². The third-order valence-corrected chi connectivity index (χ3v) is 2.10. The van der Waals surface area contributed by atoms with Gasteiger partial charge in [-0.05, 0) is 12.1 Å². The zero-order valence-electron chi connectivity index (χ0n) is 7.84. The number of hydrogen-bond acceptors (Lipinski definition) is 4. The van der Waals surface area contributed by atoms with E-state index in [-0.39, 0.29) is 13.0 Å². The molecule has 3 amide bonds. The van der Waals surface area contributed by atoms with E-state index in [0.717, 1.165) is 4.90 Å². The minimum Gasteiger partial charge on any atom is -0.467 e. The van der Waals surface area contributed by atoms with Gasteiger partial charge in [-0.15, -0.1) is 0 Å². The Morgan fingerprint density at radius 2 is 2.40 bits per heavy atom. The number of hydrogen-bond donors (Lipinski definition) is 2. The predicted molar refractivity (Wildman–Crippen MR) is 48.4 cm³/mol. The summed E-state index contributed by atoms with van der Waals surface area (Å²) in [4.78, 5) is 23.7. The number of imide groups is 1. The second-order valence-corrected chi connectivity index (χ2v) is 3.23. The SMILES string of the molecule is O=C1CC(O)NC(=O)N1Cc1ccco1. The summed E-state index contributed by atoms with van der Waals surface area (Å²) < 4.78 is 5.02. The van der Waals surface area contributed by atoms with E-state index in [0.29, 0.717) is 5.76 Å². The van der Waals surface area contributed by atoms with Gasteiger partial charge in [0.1, 0.15) is 12.0 Å². The van der Waals surface area contributed by atoms with Crippen molar-refractivity contribution < 1.29 is 19.1 Å². The van der Waals surface area contributed by atoms with Crippen molar-refractivity contribution in [1.82, 2.24) is 10.2 Å². The van der Waals surface area contributed by atoms with Crippen LogP contribution in [0, 0.1) is 0 Å². The standard InChI is InChI=1S/C9H10N2O4/c12-7-4-8(13)11(9(14)10-7)5-6-2-1-3-15-6/h1-3,7,12H,4-5H2,(H,10,14). The van der Waals surface area contributed by atoms with Crippen LogP contribution in [0.2, 0.25) is 0 Å². The van der Waals surface area contributed by atoms with Crippen LogP contribution in [0.1, 0.15) is 12.2 Å². The molecule has 1 unspecified atom stereocenters. The van der Waals surface area contributed by atoms with Crippen molar-refractivity contribution >= 4 is 11.9 Å². The minimum absolute atomic E-state index is 0.0877. The number of aliphatic hydroxyl groups excluding tert-OH is 1. The third kappa shape index (κ3) is 1.99. The summed E-state index contributed by atoms with van der Waals surface area (Å²) in [5.74, 6) is 0.109. The highest BCUT2D eigenvalue weighted by molar-refractivity contribution is 5.96. The van der Waals surface area contributed by atoms with Gasteiger partial charge in [0.05, 0.1) is 19.2 Å². The molecule has 2 N–H and O–H groups in total. The van der Waals surface area contributed by atoms with Gasteiger partial charge in [-0.2, -0.15) is 0 Å². The Morgan fingerprint density at radius 1 is 1.60 bits per heavy atom. The molecule has 0 bridgehead atoms. The summed E-state index contributed by atoms with van der Waals surface area (Å²) in [5.41, 5.74) is 0. The molecule has 2 heterocycles. The number of furan rings is 1. The van der Waals surface area contributed by atoms with Crippen molar-refractivity contribution in [3.63, 3.8) is 0 Å². The van der Waals surface area contributed by atoms with Crippen molar-refractivity contribution in [2.24, 2.45) is 0 Å². The number of urea groups is 1. The maximum atomic E-state index is 11.4. The average Bonchev–Trinajstić information content (AvgIpc) is 2.63. The second kappa shape index (κ2) is 3.74. The van der Waals surface area contributed by atoms with Gasteiger partial charge in [0, 0.05) is 0 Å². The van der Waals surface area contributed by atoms with Crippen molar-refractivity contribution in [1.29, 1.82) is 0 Å². The van der Waals surface area contributed by atoms with Crippen LogP contribution in [0.3, 0.4) is 0 Å². The summed E-state index contributed by atoms with van der Waals surface area (Å²) in [6, 6.07) is 2.75. The van der Waals surface area contributed by atoms with Crippen LogP contribution in [0.25, 0.3) is 0 Å². The predicted octanol–water partition coefficient (Wildman–Crippen LogP) is 0.0399. The number of carbonyl (C=O) groups excluding carboxylic acids is 2. The molecule has 6 heteroatoms. The summed E-state index contributed by atoms with van der Waals surface area (Å²) in [6.07, 6.45) is 0.279. The van der Waals surface area contributed by atoms with Gasteiger partial charge >= 0.3 is 6.03 Å². The quantitative estimate of drug-likeness (QED) is 0.722. The van der Waals surface area contributed by atoms with Crippen LogP contribution in [0.5, 0.6) is 0 Å². The van der Waals surface area contributed by atoms with Crippen molar-refractivity contribution in [2.75, 3.05) is 0 Å². The molecule has 1 aliphatic rings. The monoisotopic (exact) mass is 210 g/mol. The number of carbonyl (C=O) groups is 2. The summed E-state index contributed by atoms with van der Waals surface area (Å²) in [6.45, 7) is 0.0877. The van der Waals surface area contributed by atoms with E-state index in [1.54, 1.807) is 12.1 Å². The topological polar surface area (TPSA) is 82.8 Å². The van der Waals surface area contributed by atoms with Gasteiger partial charge in [-0.25, -0.2) is 4.79 Å². The summed E-state index contributed by atoms with van der Waals surface area (Å²) in [7, 11) is 0. The molecule has 15 heavy (non-hydrogen) atoms. The fraction of sp³-hybridized carbons (Fsp3) is 0.333. The molecule has 1 saturated heterocycles. The molecule has 1 fully saturated rings. The van der Waals surface area contributed by atoms with Crippen LogP contribution >= 0.6 is 0 Å². The van der Waals surface area contributed by atoms with E-state index in [1.165, 1.54) is 6.26 Å². The van der Waals surface area contributed by atoms with Crippen LogP contribution in [0.4, 0.5) is 4.79 Å². The lowest BCUT2D eigenvalue weighted by molar-refractivity contribution is -0.133. The number of rotatable bonds is 2. The number of nitrogens with zero attached hydrogens (tertiary/aromatic N) is 1. The normalized spacial score (nSPS) is 21.7. The van der Waals surface area contributed by atoms with Crippen molar-refractivity contribution in [3.8, 4) is 0 Å². The van der Waals surface area contributed by atoms with Gasteiger partial charge < -0.3 is 14.8 Å². The highest BCUT2D eigenvalue weighted by Crippen LogP contribution is 2.11. The summed E-state index contributed by atoms with van der Waals surface area (Å²) >= 11 is 0. The molecule has 0 saturated carbocycles. The first-order valence-electron chi connectivity index (χ1n) is 4.48. The summed E-state index contributed by atoms with van der Waals surface area (Å²) in [5, 5.41) is 11.3. The molecule has 0 aliphatic carbocycles. The maximum absolute atomic E-state index is 11.4. The van der Waals surface area contributed by atoms with E-state index in [4.69, 9.17) is 9.52 Å². The molecular formula is C9H10N2O4. The lowest BCUT2D eigenvalue weighted by Gasteiger charge is -2.27. The first kappa shape index (κ1) is 9.72. The third-order valence-electron chi connectivity index (χ3n) is 2.10. The largest absolute Gasteiger partial charge is 0.467 e. The Hall–Kier alpha value is -1.82. The lowest BCUT2D eigenvalue weighted by Crippen LogP contribution is -2.54. The average molecular weight is 210 g/mol. The van der Waals surface area contributed by atoms with E-state index in [1.807, 2.05) is 0 Å². The highest BCUT2D eigenvalue weighted by Gasteiger charge is 2.31. The van der Waals surface area contributed by atoms with Gasteiger partial charge in [-0.3, -0.25) is 9.69 Å². The molecule has 0 radical (unpaired) electrons. The molecule has 1 aromatic rings. The van der Waals surface area contributed by atoms with Crippen LogP contribution in [-0.4, -0.2) is 28.2 Å². The van der Waals surface area contributed by atoms with E-state index in [2.05, 4.69) is 5.32 Å². The molecule has 6 nitrogen and oxygen atoms in total. The Morgan fingerprint density at radius 3 is 3.00 bits per heavy atom. The number of aliphatic hydroxyl groups is 1. The molecular weight excluding hydrogens is 200 g/mol. The molecule has 0 spiro atoms. The fourth-order valence-electron chi connectivity index (χ4n) is 1.38. The first-order valence-corrected chi connectivity index (χ1v) is 4.48. The molecule has 1 atom stereocenters. The van der Waals surface area contributed by atoms with Crippen molar-refractivity contribution in [2.45, 2.75) is 19.2 Å². The van der Waals surface area contributed by atoms with E-state index < -0.39 is 18.2 Å². The number of amides is 3. The fourth-order valence-corrected chi connectivity index (χ4v) is 1.38. The Kier molecular flexibility index (Phi) is 2.42. The smallest absolute Gasteiger partial charge is 0.326 e. The molecule has 2 rings (SSSR count). The minimum atomic E-state index is -1.09. The van der Waals surface area contributed by atoms with Gasteiger partial charge in [0.15, 0.2) is 0 Å². The van der Waals surface area contributed by atoms with E-state index in [9.17, 15) is 9.59 Å². The highest BCUT2D eigenvalue weighted by atomic mass is 16.3. The van der Waals surface area contributed by atoms with Crippen LogP contribution < -0.4 is 5.32 Å².